The SMILES string of the molecule is CCC(Br)c1cc(Cl)sc1Cl. The van der Waals surface area contributed by atoms with Crippen LogP contribution in [0, 0.1) is 0 Å². The van der Waals surface area contributed by atoms with E-state index in [-0.39, 0.29) is 0 Å². The van der Waals surface area contributed by atoms with E-state index in [4.69, 9.17) is 23.2 Å². The summed E-state index contributed by atoms with van der Waals surface area (Å²) in [5, 5.41) is 0. The van der Waals surface area contributed by atoms with Gasteiger partial charge in [-0.3, -0.25) is 0 Å². The zero-order valence-electron chi connectivity index (χ0n) is 5.90. The molecule has 1 atom stereocenters. The normalized spacial score (nSPS) is 13.5. The van der Waals surface area contributed by atoms with Crippen LogP contribution in [0.5, 0.6) is 0 Å². The summed E-state index contributed by atoms with van der Waals surface area (Å²) >= 11 is 16.6. The first kappa shape index (κ1) is 9.85. The van der Waals surface area contributed by atoms with Crippen molar-refractivity contribution in [2.45, 2.75) is 18.2 Å². The second-order valence-corrected chi connectivity index (χ2v) is 5.55. The van der Waals surface area contributed by atoms with Crippen molar-refractivity contribution in [3.63, 3.8) is 0 Å². The fraction of sp³-hybridized carbons (Fsp3) is 0.429. The summed E-state index contributed by atoms with van der Waals surface area (Å²) < 4.78 is 1.54. The highest BCUT2D eigenvalue weighted by molar-refractivity contribution is 9.09. The summed E-state index contributed by atoms with van der Waals surface area (Å²) in [6.45, 7) is 2.10. The lowest BCUT2D eigenvalue weighted by molar-refractivity contribution is 0.916. The van der Waals surface area contributed by atoms with E-state index in [1.807, 2.05) is 6.07 Å². The van der Waals surface area contributed by atoms with Gasteiger partial charge in [-0.2, -0.15) is 0 Å². The minimum absolute atomic E-state index is 0.332. The van der Waals surface area contributed by atoms with Gasteiger partial charge in [0, 0.05) is 4.83 Å². The Hall–Kier alpha value is 0.760. The maximum Gasteiger partial charge on any atom is 0.0987 e. The molecule has 0 nitrogen and oxygen atoms in total. The van der Waals surface area contributed by atoms with Gasteiger partial charge >= 0.3 is 0 Å². The largest absolute Gasteiger partial charge is 0.111 e. The number of thiophene rings is 1. The number of alkyl halides is 1. The van der Waals surface area contributed by atoms with Crippen LogP contribution < -0.4 is 0 Å². The summed E-state index contributed by atoms with van der Waals surface area (Å²) in [5.74, 6) is 0. The molecule has 0 N–H and O–H groups in total. The average molecular weight is 274 g/mol. The molecule has 1 aromatic rings. The molecule has 1 unspecified atom stereocenters. The molecule has 1 heterocycles. The van der Waals surface area contributed by atoms with Gasteiger partial charge in [0.2, 0.25) is 0 Å². The van der Waals surface area contributed by atoms with Crippen LogP contribution >= 0.6 is 50.5 Å². The number of hydrogen-bond acceptors (Lipinski definition) is 1. The van der Waals surface area contributed by atoms with Gasteiger partial charge < -0.3 is 0 Å². The molecule has 0 aliphatic rings. The molecule has 0 aliphatic carbocycles. The van der Waals surface area contributed by atoms with Crippen molar-refractivity contribution in [2.75, 3.05) is 0 Å². The lowest BCUT2D eigenvalue weighted by atomic mass is 10.2. The maximum absolute atomic E-state index is 5.92. The van der Waals surface area contributed by atoms with Crippen LogP contribution in [0.25, 0.3) is 0 Å². The fourth-order valence-electron chi connectivity index (χ4n) is 0.786. The van der Waals surface area contributed by atoms with Crippen LogP contribution in [0.3, 0.4) is 0 Å². The van der Waals surface area contributed by atoms with E-state index in [9.17, 15) is 0 Å². The van der Waals surface area contributed by atoms with Crippen LogP contribution in [-0.2, 0) is 0 Å². The third-order valence-corrected chi connectivity index (χ3v) is 4.04. The highest BCUT2D eigenvalue weighted by Crippen LogP contribution is 2.39. The van der Waals surface area contributed by atoms with Crippen molar-refractivity contribution in [3.05, 3.63) is 20.3 Å². The Balaban J connectivity index is 2.93. The lowest BCUT2D eigenvalue weighted by Gasteiger charge is -2.02. The van der Waals surface area contributed by atoms with Crippen molar-refractivity contribution in [1.29, 1.82) is 0 Å². The Labute approximate surface area is 88.6 Å². The van der Waals surface area contributed by atoms with E-state index in [1.54, 1.807) is 0 Å². The van der Waals surface area contributed by atoms with Crippen LogP contribution in [-0.4, -0.2) is 0 Å². The molecule has 0 aromatic carbocycles. The molecular formula is C7H7BrCl2S. The van der Waals surface area contributed by atoms with Crippen LogP contribution in [0.4, 0.5) is 0 Å². The third-order valence-electron chi connectivity index (χ3n) is 1.38. The quantitative estimate of drug-likeness (QED) is 0.673. The molecule has 0 radical (unpaired) electrons. The molecular weight excluding hydrogens is 267 g/mol. The molecule has 0 saturated heterocycles. The van der Waals surface area contributed by atoms with Crippen LogP contribution in [0.15, 0.2) is 6.07 Å². The van der Waals surface area contributed by atoms with Crippen LogP contribution in [0.2, 0.25) is 8.67 Å². The minimum atomic E-state index is 0.332. The first-order chi connectivity index (χ1) is 5.15. The van der Waals surface area contributed by atoms with Crippen molar-refractivity contribution in [1.82, 2.24) is 0 Å². The van der Waals surface area contributed by atoms with Gasteiger partial charge in [-0.05, 0) is 18.1 Å². The topological polar surface area (TPSA) is 0 Å². The van der Waals surface area contributed by atoms with E-state index >= 15 is 0 Å². The van der Waals surface area contributed by atoms with E-state index in [1.165, 1.54) is 11.3 Å². The molecule has 0 fully saturated rings. The predicted molar refractivity (Wildman–Crippen MR) is 56.3 cm³/mol. The molecule has 0 aliphatic heterocycles. The summed E-state index contributed by atoms with van der Waals surface area (Å²) in [4.78, 5) is 0.332. The summed E-state index contributed by atoms with van der Waals surface area (Å²) in [7, 11) is 0. The zero-order valence-corrected chi connectivity index (χ0v) is 9.82. The monoisotopic (exact) mass is 272 g/mol. The fourth-order valence-corrected chi connectivity index (χ4v) is 3.01. The average Bonchev–Trinajstić information content (AvgIpc) is 2.28. The van der Waals surface area contributed by atoms with Gasteiger partial charge in [0.1, 0.15) is 0 Å². The van der Waals surface area contributed by atoms with E-state index in [2.05, 4.69) is 22.9 Å². The number of halogens is 3. The molecule has 0 saturated carbocycles. The van der Waals surface area contributed by atoms with Gasteiger partial charge in [-0.1, -0.05) is 46.1 Å². The standard InChI is InChI=1S/C7H7BrCl2S/c1-2-5(8)4-3-6(9)11-7(4)10/h3,5H,2H2,1H3. The molecule has 0 amide bonds. The Morgan fingerprint density at radius 2 is 2.27 bits per heavy atom. The van der Waals surface area contributed by atoms with Crippen molar-refractivity contribution in [3.8, 4) is 0 Å². The predicted octanol–water partition coefficient (Wildman–Crippen LogP) is 4.90. The summed E-state index contributed by atoms with van der Waals surface area (Å²) in [6, 6.07) is 1.91. The van der Waals surface area contributed by atoms with Gasteiger partial charge in [0.05, 0.1) is 8.67 Å². The van der Waals surface area contributed by atoms with Gasteiger partial charge in [-0.25, -0.2) is 0 Å². The molecule has 1 aromatic heterocycles. The van der Waals surface area contributed by atoms with Crippen LogP contribution in [0.1, 0.15) is 23.7 Å². The second-order valence-electron chi connectivity index (χ2n) is 2.16. The lowest BCUT2D eigenvalue weighted by Crippen LogP contribution is -1.83. The Morgan fingerprint density at radius 3 is 2.64 bits per heavy atom. The highest BCUT2D eigenvalue weighted by Gasteiger charge is 2.12. The molecule has 4 heteroatoms. The van der Waals surface area contributed by atoms with Gasteiger partial charge in [0.25, 0.3) is 0 Å². The highest BCUT2D eigenvalue weighted by atomic mass is 79.9. The maximum atomic E-state index is 5.92. The molecule has 0 bridgehead atoms. The first-order valence-corrected chi connectivity index (χ1v) is 5.72. The molecule has 0 spiro atoms. The molecule has 1 rings (SSSR count). The smallest absolute Gasteiger partial charge is 0.0987 e. The number of hydrogen-bond donors (Lipinski definition) is 0. The third kappa shape index (κ3) is 2.35. The molecule has 11 heavy (non-hydrogen) atoms. The van der Waals surface area contributed by atoms with Crippen molar-refractivity contribution in [2.24, 2.45) is 0 Å². The summed E-state index contributed by atoms with van der Waals surface area (Å²) in [5.41, 5.74) is 1.10. The van der Waals surface area contributed by atoms with Crippen molar-refractivity contribution >= 4 is 50.5 Å². The second kappa shape index (κ2) is 4.13. The Bertz CT molecular complexity index is 247. The van der Waals surface area contributed by atoms with E-state index in [0.29, 0.717) is 4.83 Å². The van der Waals surface area contributed by atoms with Crippen molar-refractivity contribution < 1.29 is 0 Å². The number of rotatable bonds is 2. The first-order valence-electron chi connectivity index (χ1n) is 3.24. The Morgan fingerprint density at radius 1 is 1.64 bits per heavy atom. The van der Waals surface area contributed by atoms with Gasteiger partial charge in [-0.15, -0.1) is 11.3 Å². The minimum Gasteiger partial charge on any atom is -0.111 e. The zero-order chi connectivity index (χ0) is 8.43. The Kier molecular flexibility index (Phi) is 3.69. The van der Waals surface area contributed by atoms with E-state index < -0.39 is 0 Å². The van der Waals surface area contributed by atoms with Gasteiger partial charge in [0.15, 0.2) is 0 Å². The summed E-state index contributed by atoms with van der Waals surface area (Å²) in [6.07, 6.45) is 1.02. The molecule has 62 valence electrons. The van der Waals surface area contributed by atoms with E-state index in [0.717, 1.165) is 20.7 Å².